The third kappa shape index (κ3) is 5.14. The molecular formula is C14H21ClN2O5S2. The SMILES string of the molecule is CN(C)S(=O)(=O)C[C@@H]1COC[C@H]1NS(=O)(=O)Cc1ccccc1Cl. The van der Waals surface area contributed by atoms with E-state index in [-0.39, 0.29) is 24.7 Å². The first-order chi connectivity index (χ1) is 11.1. The second-order valence-electron chi connectivity index (χ2n) is 5.93. The summed E-state index contributed by atoms with van der Waals surface area (Å²) in [5.41, 5.74) is 0.489. The Morgan fingerprint density at radius 2 is 1.88 bits per heavy atom. The molecule has 2 atom stereocenters. The van der Waals surface area contributed by atoms with Crippen LogP contribution in [-0.2, 0) is 30.5 Å². The molecule has 0 spiro atoms. The zero-order valence-electron chi connectivity index (χ0n) is 13.5. The van der Waals surface area contributed by atoms with E-state index in [1.807, 2.05) is 0 Å². The zero-order valence-corrected chi connectivity index (χ0v) is 15.9. The van der Waals surface area contributed by atoms with Gasteiger partial charge in [-0.2, -0.15) is 0 Å². The van der Waals surface area contributed by atoms with Gasteiger partial charge in [0.15, 0.2) is 0 Å². The van der Waals surface area contributed by atoms with Crippen LogP contribution >= 0.6 is 11.6 Å². The van der Waals surface area contributed by atoms with Crippen molar-refractivity contribution in [3.05, 3.63) is 34.9 Å². The molecule has 1 N–H and O–H groups in total. The summed E-state index contributed by atoms with van der Waals surface area (Å²) in [6.07, 6.45) is 0. The molecule has 1 heterocycles. The number of halogens is 1. The van der Waals surface area contributed by atoms with E-state index in [0.717, 1.165) is 4.31 Å². The minimum Gasteiger partial charge on any atom is -0.379 e. The Balaban J connectivity index is 2.07. The van der Waals surface area contributed by atoms with Crippen molar-refractivity contribution in [3.8, 4) is 0 Å². The van der Waals surface area contributed by atoms with E-state index in [9.17, 15) is 16.8 Å². The van der Waals surface area contributed by atoms with Gasteiger partial charge >= 0.3 is 0 Å². The van der Waals surface area contributed by atoms with Crippen LogP contribution < -0.4 is 4.72 Å². The Bertz CT molecular complexity index is 780. The van der Waals surface area contributed by atoms with Crippen molar-refractivity contribution in [3.63, 3.8) is 0 Å². The van der Waals surface area contributed by atoms with Crippen molar-refractivity contribution in [2.24, 2.45) is 5.92 Å². The van der Waals surface area contributed by atoms with Crippen molar-refractivity contribution in [2.45, 2.75) is 11.8 Å². The maximum absolute atomic E-state index is 12.4. The van der Waals surface area contributed by atoms with Crippen LogP contribution in [-0.4, -0.2) is 60.2 Å². The largest absolute Gasteiger partial charge is 0.379 e. The summed E-state index contributed by atoms with van der Waals surface area (Å²) in [5, 5.41) is 0.372. The molecule has 2 rings (SSSR count). The Labute approximate surface area is 148 Å². The van der Waals surface area contributed by atoms with E-state index in [1.165, 1.54) is 14.1 Å². The fourth-order valence-electron chi connectivity index (χ4n) is 2.41. The summed E-state index contributed by atoms with van der Waals surface area (Å²) < 4.78 is 57.7. The minimum atomic E-state index is -3.67. The fourth-order valence-corrected chi connectivity index (χ4v) is 5.32. The lowest BCUT2D eigenvalue weighted by Gasteiger charge is -2.21. The highest BCUT2D eigenvalue weighted by atomic mass is 35.5. The fraction of sp³-hybridized carbons (Fsp3) is 0.571. The predicted octanol–water partition coefficient (Wildman–Crippen LogP) is 0.666. The summed E-state index contributed by atoms with van der Waals surface area (Å²) >= 11 is 6.00. The van der Waals surface area contributed by atoms with Crippen molar-refractivity contribution < 1.29 is 21.6 Å². The second kappa shape index (κ2) is 7.67. The molecule has 136 valence electrons. The maximum atomic E-state index is 12.4. The Hall–Kier alpha value is -0.710. The predicted molar refractivity (Wildman–Crippen MR) is 92.8 cm³/mol. The molecule has 0 amide bonds. The Kier molecular flexibility index (Phi) is 6.27. The quantitative estimate of drug-likeness (QED) is 0.731. The molecular weight excluding hydrogens is 376 g/mol. The summed E-state index contributed by atoms with van der Waals surface area (Å²) in [6.45, 7) is 0.349. The van der Waals surface area contributed by atoms with Gasteiger partial charge in [-0.15, -0.1) is 0 Å². The standard InChI is InChI=1S/C14H21ClN2O5S2/c1-17(2)24(20,21)10-12-7-22-8-14(12)16-23(18,19)9-11-5-3-4-6-13(11)15/h3-6,12,14,16H,7-10H2,1-2H3/t12-,14+/m0/s1. The molecule has 24 heavy (non-hydrogen) atoms. The highest BCUT2D eigenvalue weighted by Gasteiger charge is 2.35. The van der Waals surface area contributed by atoms with Crippen LogP contribution in [0.4, 0.5) is 0 Å². The first-order valence-corrected chi connectivity index (χ1v) is 11.0. The smallest absolute Gasteiger partial charge is 0.216 e. The summed E-state index contributed by atoms with van der Waals surface area (Å²) in [5.74, 6) is -0.867. The first-order valence-electron chi connectivity index (χ1n) is 7.32. The number of hydrogen-bond acceptors (Lipinski definition) is 5. The highest BCUT2D eigenvalue weighted by molar-refractivity contribution is 7.89. The summed E-state index contributed by atoms with van der Waals surface area (Å²) in [6, 6.07) is 6.12. The molecule has 1 aromatic carbocycles. The van der Waals surface area contributed by atoms with Crippen molar-refractivity contribution in [1.29, 1.82) is 0 Å². The van der Waals surface area contributed by atoms with Gasteiger partial charge in [0.1, 0.15) is 0 Å². The average Bonchev–Trinajstić information content (AvgIpc) is 2.86. The number of nitrogens with zero attached hydrogens (tertiary/aromatic N) is 1. The van der Waals surface area contributed by atoms with Crippen LogP contribution in [0.15, 0.2) is 24.3 Å². The van der Waals surface area contributed by atoms with Gasteiger partial charge in [0.25, 0.3) is 0 Å². The topological polar surface area (TPSA) is 92.8 Å². The third-order valence-corrected chi connectivity index (χ3v) is 7.50. The van der Waals surface area contributed by atoms with E-state index >= 15 is 0 Å². The van der Waals surface area contributed by atoms with Gasteiger partial charge in [-0.1, -0.05) is 29.8 Å². The van der Waals surface area contributed by atoms with Gasteiger partial charge in [-0.25, -0.2) is 25.9 Å². The molecule has 10 heteroatoms. The molecule has 0 saturated carbocycles. The van der Waals surface area contributed by atoms with E-state index < -0.39 is 32.0 Å². The van der Waals surface area contributed by atoms with Crippen LogP contribution in [0.5, 0.6) is 0 Å². The number of hydrogen-bond donors (Lipinski definition) is 1. The van der Waals surface area contributed by atoms with Gasteiger partial charge in [-0.05, 0) is 11.6 Å². The lowest BCUT2D eigenvalue weighted by molar-refractivity contribution is 0.185. The lowest BCUT2D eigenvalue weighted by Crippen LogP contribution is -2.43. The second-order valence-corrected chi connectivity index (χ2v) is 10.3. The average molecular weight is 397 g/mol. The van der Waals surface area contributed by atoms with Gasteiger partial charge in [0, 0.05) is 25.0 Å². The Morgan fingerprint density at radius 1 is 1.21 bits per heavy atom. The van der Waals surface area contributed by atoms with E-state index in [1.54, 1.807) is 24.3 Å². The molecule has 0 aromatic heterocycles. The first kappa shape index (κ1) is 19.6. The number of ether oxygens (including phenoxy) is 1. The number of rotatable bonds is 7. The van der Waals surface area contributed by atoms with Crippen LogP contribution in [0.25, 0.3) is 0 Å². The molecule has 0 radical (unpaired) electrons. The van der Waals surface area contributed by atoms with Gasteiger partial charge < -0.3 is 4.74 Å². The molecule has 0 unspecified atom stereocenters. The van der Waals surface area contributed by atoms with Crippen molar-refractivity contribution >= 4 is 31.6 Å². The molecule has 1 fully saturated rings. The molecule has 1 aliphatic heterocycles. The normalized spacial score (nSPS) is 22.2. The molecule has 7 nitrogen and oxygen atoms in total. The van der Waals surface area contributed by atoms with Crippen molar-refractivity contribution in [2.75, 3.05) is 33.1 Å². The van der Waals surface area contributed by atoms with Crippen molar-refractivity contribution in [1.82, 2.24) is 9.03 Å². The van der Waals surface area contributed by atoms with Crippen LogP contribution in [0.1, 0.15) is 5.56 Å². The van der Waals surface area contributed by atoms with Crippen LogP contribution in [0.3, 0.4) is 0 Å². The van der Waals surface area contributed by atoms with E-state index in [4.69, 9.17) is 16.3 Å². The Morgan fingerprint density at radius 3 is 2.50 bits per heavy atom. The molecule has 1 saturated heterocycles. The lowest BCUT2D eigenvalue weighted by atomic mass is 10.1. The minimum absolute atomic E-state index is 0.148. The van der Waals surface area contributed by atoms with E-state index in [2.05, 4.69) is 4.72 Å². The number of sulfonamides is 2. The zero-order chi connectivity index (χ0) is 18.0. The molecule has 0 aliphatic carbocycles. The highest BCUT2D eigenvalue weighted by Crippen LogP contribution is 2.21. The van der Waals surface area contributed by atoms with Gasteiger partial charge in [0.05, 0.1) is 30.8 Å². The van der Waals surface area contributed by atoms with Gasteiger partial charge in [-0.3, -0.25) is 0 Å². The summed E-state index contributed by atoms with van der Waals surface area (Å²) in [7, 11) is -4.22. The molecule has 1 aromatic rings. The third-order valence-electron chi connectivity index (χ3n) is 3.81. The summed E-state index contributed by atoms with van der Waals surface area (Å²) in [4.78, 5) is 0. The van der Waals surface area contributed by atoms with Crippen LogP contribution in [0.2, 0.25) is 5.02 Å². The van der Waals surface area contributed by atoms with Gasteiger partial charge in [0.2, 0.25) is 20.0 Å². The van der Waals surface area contributed by atoms with Crippen LogP contribution in [0, 0.1) is 5.92 Å². The number of nitrogens with one attached hydrogen (secondary N) is 1. The monoisotopic (exact) mass is 396 g/mol. The maximum Gasteiger partial charge on any atom is 0.216 e. The van der Waals surface area contributed by atoms with E-state index in [0.29, 0.717) is 10.6 Å². The molecule has 0 bridgehead atoms. The number of benzene rings is 1. The molecule has 1 aliphatic rings.